The number of carbonyl (C=O) groups is 1. The molecule has 0 aliphatic carbocycles. The summed E-state index contributed by atoms with van der Waals surface area (Å²) in [6.45, 7) is 2.06. The molecule has 4 aromatic rings. The summed E-state index contributed by atoms with van der Waals surface area (Å²) in [6, 6.07) is 18.1. The Hall–Kier alpha value is -2.94. The molecule has 3 aromatic carbocycles. The van der Waals surface area contributed by atoms with Gasteiger partial charge in [0.15, 0.2) is 5.13 Å². The predicted molar refractivity (Wildman–Crippen MR) is 126 cm³/mol. The molecule has 0 atom stereocenters. The largest absolute Gasteiger partial charge is 0.298 e. The fourth-order valence-electron chi connectivity index (χ4n) is 3.07. The average molecular weight is 472 g/mol. The van der Waals surface area contributed by atoms with Gasteiger partial charge < -0.3 is 0 Å². The van der Waals surface area contributed by atoms with Gasteiger partial charge in [-0.1, -0.05) is 48.1 Å². The minimum absolute atomic E-state index is 0.0768. The van der Waals surface area contributed by atoms with Gasteiger partial charge in [0.05, 0.1) is 15.1 Å². The summed E-state index contributed by atoms with van der Waals surface area (Å²) in [5, 5.41) is 3.74. The molecule has 1 amide bonds. The molecule has 0 unspecified atom stereocenters. The number of sulfonamides is 1. The molecule has 6 nitrogen and oxygen atoms in total. The van der Waals surface area contributed by atoms with Gasteiger partial charge in [0.1, 0.15) is 0 Å². The first-order valence-electron chi connectivity index (χ1n) is 9.44. The molecular formula is C22H18ClN3O3S2. The van der Waals surface area contributed by atoms with Crippen molar-refractivity contribution in [2.24, 2.45) is 0 Å². The van der Waals surface area contributed by atoms with Gasteiger partial charge in [0, 0.05) is 16.3 Å². The van der Waals surface area contributed by atoms with Crippen molar-refractivity contribution in [3.05, 3.63) is 82.9 Å². The zero-order valence-electron chi connectivity index (χ0n) is 16.4. The summed E-state index contributed by atoms with van der Waals surface area (Å²) < 4.78 is 28.6. The number of benzene rings is 3. The molecule has 0 radical (unpaired) electrons. The number of nitrogens with zero attached hydrogens (tertiary/aromatic N) is 1. The van der Waals surface area contributed by atoms with E-state index >= 15 is 0 Å². The van der Waals surface area contributed by atoms with Crippen LogP contribution in [0.15, 0.2) is 71.6 Å². The highest BCUT2D eigenvalue weighted by Crippen LogP contribution is 2.29. The van der Waals surface area contributed by atoms with Crippen molar-refractivity contribution < 1.29 is 13.2 Å². The molecule has 0 saturated heterocycles. The maximum atomic E-state index is 12.7. The molecule has 1 aromatic heterocycles. The van der Waals surface area contributed by atoms with Gasteiger partial charge in [0.2, 0.25) is 0 Å². The molecule has 0 fully saturated rings. The second kappa shape index (κ2) is 8.66. The molecule has 4 rings (SSSR count). The SMILES string of the molecule is CCc1cccc2sc(NC(=O)c3cccc(NS(=O)(=O)c4ccc(Cl)cc4)c3)nc12. The number of nitrogens with one attached hydrogen (secondary N) is 2. The van der Waals surface area contributed by atoms with Crippen molar-refractivity contribution in [2.75, 3.05) is 10.0 Å². The minimum Gasteiger partial charge on any atom is -0.298 e. The highest BCUT2D eigenvalue weighted by atomic mass is 35.5. The van der Waals surface area contributed by atoms with Gasteiger partial charge in [0.25, 0.3) is 15.9 Å². The molecule has 0 bridgehead atoms. The molecule has 9 heteroatoms. The van der Waals surface area contributed by atoms with E-state index in [0.29, 0.717) is 15.7 Å². The van der Waals surface area contributed by atoms with Gasteiger partial charge in [-0.05, 0) is 60.5 Å². The van der Waals surface area contributed by atoms with Crippen LogP contribution in [0.25, 0.3) is 10.2 Å². The van der Waals surface area contributed by atoms with Crippen LogP contribution in [0.1, 0.15) is 22.8 Å². The fraction of sp³-hybridized carbons (Fsp3) is 0.0909. The Morgan fingerprint density at radius 1 is 1.06 bits per heavy atom. The van der Waals surface area contributed by atoms with Crippen molar-refractivity contribution in [3.8, 4) is 0 Å². The Balaban J connectivity index is 1.54. The Bertz CT molecular complexity index is 1370. The predicted octanol–water partition coefficient (Wildman–Crippen LogP) is 5.57. The Labute approximate surface area is 189 Å². The highest BCUT2D eigenvalue weighted by Gasteiger charge is 2.16. The van der Waals surface area contributed by atoms with Crippen LogP contribution in [0.5, 0.6) is 0 Å². The number of thiazole rings is 1. The van der Waals surface area contributed by atoms with Crippen LogP contribution in [0.4, 0.5) is 10.8 Å². The maximum absolute atomic E-state index is 12.7. The number of amides is 1. The molecule has 1 heterocycles. The van der Waals surface area contributed by atoms with E-state index in [1.165, 1.54) is 41.7 Å². The van der Waals surface area contributed by atoms with Crippen LogP contribution < -0.4 is 10.0 Å². The normalized spacial score (nSPS) is 11.4. The number of halogens is 1. The lowest BCUT2D eigenvalue weighted by atomic mass is 10.1. The van der Waals surface area contributed by atoms with Gasteiger partial charge in [-0.25, -0.2) is 13.4 Å². The van der Waals surface area contributed by atoms with Crippen LogP contribution in [-0.4, -0.2) is 19.3 Å². The number of carbonyl (C=O) groups excluding carboxylic acids is 1. The summed E-state index contributed by atoms with van der Waals surface area (Å²) in [5.74, 6) is -0.371. The van der Waals surface area contributed by atoms with Gasteiger partial charge >= 0.3 is 0 Å². The van der Waals surface area contributed by atoms with Gasteiger partial charge in [-0.2, -0.15) is 0 Å². The highest BCUT2D eigenvalue weighted by molar-refractivity contribution is 7.92. The third kappa shape index (κ3) is 4.71. The van der Waals surface area contributed by atoms with E-state index in [-0.39, 0.29) is 16.5 Å². The van der Waals surface area contributed by atoms with Crippen molar-refractivity contribution in [2.45, 2.75) is 18.2 Å². The minimum atomic E-state index is -3.81. The van der Waals surface area contributed by atoms with E-state index < -0.39 is 10.0 Å². The monoisotopic (exact) mass is 471 g/mol. The molecule has 0 saturated carbocycles. The summed E-state index contributed by atoms with van der Waals surface area (Å²) in [4.78, 5) is 17.4. The van der Waals surface area contributed by atoms with Crippen molar-refractivity contribution in [3.63, 3.8) is 0 Å². The zero-order valence-corrected chi connectivity index (χ0v) is 18.8. The Morgan fingerprint density at radius 2 is 1.81 bits per heavy atom. The third-order valence-corrected chi connectivity index (χ3v) is 7.19. The number of hydrogen-bond donors (Lipinski definition) is 2. The van der Waals surface area contributed by atoms with Crippen LogP contribution >= 0.6 is 22.9 Å². The summed E-state index contributed by atoms with van der Waals surface area (Å²) in [7, 11) is -3.81. The topological polar surface area (TPSA) is 88.2 Å². The maximum Gasteiger partial charge on any atom is 0.261 e. The zero-order chi connectivity index (χ0) is 22.0. The molecule has 0 spiro atoms. The summed E-state index contributed by atoms with van der Waals surface area (Å²) in [6.07, 6.45) is 0.851. The lowest BCUT2D eigenvalue weighted by Gasteiger charge is -2.09. The first kappa shape index (κ1) is 21.3. The van der Waals surface area contributed by atoms with Gasteiger partial charge in [-0.15, -0.1) is 0 Å². The number of para-hydroxylation sites is 1. The standard InChI is InChI=1S/C22H18ClN3O3S2/c1-2-14-5-4-8-19-20(14)24-22(30-19)25-21(27)15-6-3-7-17(13-15)26-31(28,29)18-11-9-16(23)10-12-18/h3-13,26H,2H2,1H3,(H,24,25,27). The number of rotatable bonds is 6. The van der Waals surface area contributed by atoms with Crippen molar-refractivity contribution >= 4 is 59.9 Å². The molecule has 2 N–H and O–H groups in total. The van der Waals surface area contributed by atoms with Crippen molar-refractivity contribution in [1.82, 2.24) is 4.98 Å². The summed E-state index contributed by atoms with van der Waals surface area (Å²) in [5.41, 5.74) is 2.59. The van der Waals surface area contributed by atoms with Gasteiger partial charge in [-0.3, -0.25) is 14.8 Å². The number of fused-ring (bicyclic) bond motifs is 1. The van der Waals surface area contributed by atoms with Crippen LogP contribution in [0, 0.1) is 0 Å². The lowest BCUT2D eigenvalue weighted by molar-refractivity contribution is 0.102. The molecule has 0 aliphatic rings. The molecule has 158 valence electrons. The van der Waals surface area contributed by atoms with E-state index in [1.807, 2.05) is 18.2 Å². The number of aromatic nitrogens is 1. The van der Waals surface area contributed by atoms with Crippen LogP contribution in [0.3, 0.4) is 0 Å². The first-order valence-corrected chi connectivity index (χ1v) is 12.1. The first-order chi connectivity index (χ1) is 14.9. The third-order valence-electron chi connectivity index (χ3n) is 4.60. The van der Waals surface area contributed by atoms with Crippen LogP contribution in [-0.2, 0) is 16.4 Å². The fourth-order valence-corrected chi connectivity index (χ4v) is 5.15. The van der Waals surface area contributed by atoms with E-state index in [2.05, 4.69) is 21.9 Å². The quantitative estimate of drug-likeness (QED) is 0.385. The number of aryl methyl sites for hydroxylation is 1. The number of anilines is 2. The van der Waals surface area contributed by atoms with Crippen molar-refractivity contribution in [1.29, 1.82) is 0 Å². The molecule has 0 aliphatic heterocycles. The Morgan fingerprint density at radius 3 is 2.55 bits per heavy atom. The van der Waals surface area contributed by atoms with Crippen LogP contribution in [0.2, 0.25) is 5.02 Å². The van der Waals surface area contributed by atoms with E-state index in [0.717, 1.165) is 22.2 Å². The second-order valence-electron chi connectivity index (χ2n) is 6.73. The number of hydrogen-bond acceptors (Lipinski definition) is 5. The average Bonchev–Trinajstić information content (AvgIpc) is 3.16. The van der Waals surface area contributed by atoms with E-state index in [9.17, 15) is 13.2 Å². The Kier molecular flexibility index (Phi) is 5.95. The molecule has 31 heavy (non-hydrogen) atoms. The second-order valence-corrected chi connectivity index (χ2v) is 9.88. The molecular weight excluding hydrogens is 454 g/mol. The van der Waals surface area contributed by atoms with E-state index in [1.54, 1.807) is 18.2 Å². The summed E-state index contributed by atoms with van der Waals surface area (Å²) >= 11 is 7.22. The van der Waals surface area contributed by atoms with E-state index in [4.69, 9.17) is 11.6 Å². The smallest absolute Gasteiger partial charge is 0.261 e. The lowest BCUT2D eigenvalue weighted by Crippen LogP contribution is -2.15.